The lowest BCUT2D eigenvalue weighted by molar-refractivity contribution is 0.112. The fraction of sp³-hybridized carbons (Fsp3) is 0.118. The molecule has 1 aromatic carbocycles. The molecule has 0 aliphatic heterocycles. The molecule has 104 valence electrons. The molecule has 0 amide bonds. The highest BCUT2D eigenvalue weighted by molar-refractivity contribution is 7.99. The lowest BCUT2D eigenvalue weighted by Crippen LogP contribution is -1.93. The topological polar surface area (TPSA) is 42.9 Å². The summed E-state index contributed by atoms with van der Waals surface area (Å²) in [6, 6.07) is 13.7. The lowest BCUT2D eigenvalue weighted by atomic mass is 10.2. The minimum Gasteiger partial charge on any atom is -0.298 e. The summed E-state index contributed by atoms with van der Waals surface area (Å²) in [5.41, 5.74) is 3.60. The van der Waals surface area contributed by atoms with Crippen LogP contribution in [0.15, 0.2) is 52.5 Å². The first kappa shape index (κ1) is 13.8. The Morgan fingerprint density at radius 1 is 1.05 bits per heavy atom. The van der Waals surface area contributed by atoms with Gasteiger partial charge in [-0.15, -0.1) is 0 Å². The average molecular weight is 294 g/mol. The molecule has 21 heavy (non-hydrogen) atoms. The number of aryl methyl sites for hydroxylation is 2. The van der Waals surface area contributed by atoms with Crippen LogP contribution < -0.4 is 0 Å². The minimum atomic E-state index is 0.597. The smallest absolute Gasteiger partial charge is 0.152 e. The van der Waals surface area contributed by atoms with Crippen LogP contribution in [-0.4, -0.2) is 16.3 Å². The molecule has 0 unspecified atom stereocenters. The number of nitrogens with zero attached hydrogens (tertiary/aromatic N) is 2. The molecule has 0 fully saturated rings. The molecule has 0 spiro atoms. The Kier molecular flexibility index (Phi) is 3.71. The van der Waals surface area contributed by atoms with Crippen LogP contribution in [0.25, 0.3) is 10.9 Å². The molecule has 3 nitrogen and oxygen atoms in total. The van der Waals surface area contributed by atoms with Gasteiger partial charge in [-0.2, -0.15) is 0 Å². The second kappa shape index (κ2) is 5.66. The molecule has 0 radical (unpaired) electrons. The molecule has 0 saturated heterocycles. The molecule has 2 heterocycles. The molecule has 2 aromatic heterocycles. The fourth-order valence-corrected chi connectivity index (χ4v) is 3.24. The van der Waals surface area contributed by atoms with Crippen molar-refractivity contribution in [1.82, 2.24) is 9.97 Å². The molecule has 0 N–H and O–H groups in total. The number of para-hydroxylation sites is 1. The van der Waals surface area contributed by atoms with Crippen molar-refractivity contribution in [1.29, 1.82) is 0 Å². The van der Waals surface area contributed by atoms with Gasteiger partial charge in [0.05, 0.1) is 5.52 Å². The van der Waals surface area contributed by atoms with Crippen LogP contribution in [-0.2, 0) is 0 Å². The Morgan fingerprint density at radius 2 is 1.86 bits per heavy atom. The Balaban J connectivity index is 2.08. The van der Waals surface area contributed by atoms with E-state index >= 15 is 0 Å². The van der Waals surface area contributed by atoms with E-state index in [1.165, 1.54) is 11.8 Å². The maximum atomic E-state index is 11.3. The van der Waals surface area contributed by atoms with E-state index in [1.54, 1.807) is 0 Å². The number of pyridine rings is 2. The van der Waals surface area contributed by atoms with Crippen molar-refractivity contribution in [2.45, 2.75) is 23.9 Å². The van der Waals surface area contributed by atoms with Crippen LogP contribution in [0.2, 0.25) is 0 Å². The van der Waals surface area contributed by atoms with Crippen LogP contribution >= 0.6 is 11.8 Å². The maximum Gasteiger partial charge on any atom is 0.152 e. The SMILES string of the molecule is Cc1cc(C)nc(Sc2nc3ccccc3cc2C=O)c1. The van der Waals surface area contributed by atoms with Crippen LogP contribution in [0, 0.1) is 13.8 Å². The van der Waals surface area contributed by atoms with Gasteiger partial charge in [-0.1, -0.05) is 18.2 Å². The first-order valence-corrected chi connectivity index (χ1v) is 7.45. The molecule has 0 aliphatic rings. The summed E-state index contributed by atoms with van der Waals surface area (Å²) in [6.45, 7) is 4.00. The number of hydrogen-bond donors (Lipinski definition) is 0. The van der Waals surface area contributed by atoms with Crippen molar-refractivity contribution < 1.29 is 4.79 Å². The Hall–Kier alpha value is -2.20. The third-order valence-corrected chi connectivity index (χ3v) is 4.06. The first-order valence-electron chi connectivity index (χ1n) is 6.64. The van der Waals surface area contributed by atoms with Gasteiger partial charge in [0.2, 0.25) is 0 Å². The van der Waals surface area contributed by atoms with Crippen LogP contribution in [0.3, 0.4) is 0 Å². The summed E-state index contributed by atoms with van der Waals surface area (Å²) < 4.78 is 0. The highest BCUT2D eigenvalue weighted by Gasteiger charge is 2.09. The van der Waals surface area contributed by atoms with Gasteiger partial charge in [-0.3, -0.25) is 4.79 Å². The predicted octanol–water partition coefficient (Wildman–Crippen LogP) is 4.21. The lowest BCUT2D eigenvalue weighted by Gasteiger charge is -2.07. The molecule has 0 atom stereocenters. The van der Waals surface area contributed by atoms with E-state index < -0.39 is 0 Å². The molecule has 4 heteroatoms. The fourth-order valence-electron chi connectivity index (χ4n) is 2.24. The maximum absolute atomic E-state index is 11.3. The van der Waals surface area contributed by atoms with E-state index in [9.17, 15) is 4.79 Å². The number of benzene rings is 1. The molecule has 3 aromatic rings. The van der Waals surface area contributed by atoms with Gasteiger partial charge >= 0.3 is 0 Å². The zero-order valence-corrected chi connectivity index (χ0v) is 12.6. The van der Waals surface area contributed by atoms with E-state index in [-0.39, 0.29) is 0 Å². The largest absolute Gasteiger partial charge is 0.298 e. The van der Waals surface area contributed by atoms with Crippen LogP contribution in [0.4, 0.5) is 0 Å². The van der Waals surface area contributed by atoms with Crippen molar-refractivity contribution in [2.24, 2.45) is 0 Å². The average Bonchev–Trinajstić information content (AvgIpc) is 2.45. The zero-order valence-electron chi connectivity index (χ0n) is 11.8. The number of aldehydes is 1. The summed E-state index contributed by atoms with van der Waals surface area (Å²) in [4.78, 5) is 20.4. The quantitative estimate of drug-likeness (QED) is 0.679. The van der Waals surface area contributed by atoms with Gasteiger partial charge in [0.15, 0.2) is 6.29 Å². The number of carbonyl (C=O) groups is 1. The standard InChI is InChI=1S/C17H14N2OS/c1-11-7-12(2)18-16(8-11)21-17-14(10-20)9-13-5-3-4-6-15(13)19-17/h3-10H,1-2H3. The Bertz CT molecular complexity index is 810. The molecule has 0 aliphatic carbocycles. The number of hydrogen-bond acceptors (Lipinski definition) is 4. The Morgan fingerprint density at radius 3 is 2.62 bits per heavy atom. The van der Waals surface area contributed by atoms with E-state index in [1.807, 2.05) is 56.3 Å². The third-order valence-electron chi connectivity index (χ3n) is 3.12. The highest BCUT2D eigenvalue weighted by atomic mass is 32.2. The van der Waals surface area contributed by atoms with Crippen molar-refractivity contribution in [3.8, 4) is 0 Å². The van der Waals surface area contributed by atoms with E-state index in [2.05, 4.69) is 9.97 Å². The Labute approximate surface area is 127 Å². The van der Waals surface area contributed by atoms with Gasteiger partial charge in [-0.25, -0.2) is 9.97 Å². The molecule has 3 rings (SSSR count). The summed E-state index contributed by atoms with van der Waals surface area (Å²) in [5, 5.41) is 2.52. The second-order valence-corrected chi connectivity index (χ2v) is 5.93. The van der Waals surface area contributed by atoms with Crippen LogP contribution in [0.1, 0.15) is 21.6 Å². The molecular formula is C17H14N2OS. The minimum absolute atomic E-state index is 0.597. The molecule has 0 bridgehead atoms. The van der Waals surface area contributed by atoms with Crippen LogP contribution in [0.5, 0.6) is 0 Å². The number of rotatable bonds is 3. The van der Waals surface area contributed by atoms with Crippen molar-refractivity contribution in [3.05, 3.63) is 59.3 Å². The van der Waals surface area contributed by atoms with Gasteiger partial charge in [0.1, 0.15) is 10.1 Å². The summed E-state index contributed by atoms with van der Waals surface area (Å²) in [6.07, 6.45) is 0.852. The molecule has 0 saturated carbocycles. The predicted molar refractivity (Wildman–Crippen MR) is 85.0 cm³/mol. The summed E-state index contributed by atoms with van der Waals surface area (Å²) >= 11 is 1.43. The number of aromatic nitrogens is 2. The summed E-state index contributed by atoms with van der Waals surface area (Å²) in [5.74, 6) is 0. The number of fused-ring (bicyclic) bond motifs is 1. The highest BCUT2D eigenvalue weighted by Crippen LogP contribution is 2.29. The van der Waals surface area contributed by atoms with Crippen molar-refractivity contribution in [2.75, 3.05) is 0 Å². The van der Waals surface area contributed by atoms with Gasteiger partial charge in [0, 0.05) is 16.6 Å². The van der Waals surface area contributed by atoms with Crippen molar-refractivity contribution in [3.63, 3.8) is 0 Å². The van der Waals surface area contributed by atoms with E-state index in [0.717, 1.165) is 33.5 Å². The van der Waals surface area contributed by atoms with E-state index in [0.29, 0.717) is 10.6 Å². The summed E-state index contributed by atoms with van der Waals surface area (Å²) in [7, 11) is 0. The molecular weight excluding hydrogens is 280 g/mol. The monoisotopic (exact) mass is 294 g/mol. The normalized spacial score (nSPS) is 10.8. The number of carbonyl (C=O) groups excluding carboxylic acids is 1. The first-order chi connectivity index (χ1) is 10.2. The van der Waals surface area contributed by atoms with Crippen molar-refractivity contribution >= 4 is 29.0 Å². The van der Waals surface area contributed by atoms with Gasteiger partial charge < -0.3 is 0 Å². The second-order valence-electron chi connectivity index (χ2n) is 4.92. The third kappa shape index (κ3) is 2.95. The van der Waals surface area contributed by atoms with E-state index in [4.69, 9.17) is 0 Å². The van der Waals surface area contributed by atoms with Gasteiger partial charge in [0.25, 0.3) is 0 Å². The van der Waals surface area contributed by atoms with Gasteiger partial charge in [-0.05, 0) is 55.4 Å². The zero-order chi connectivity index (χ0) is 14.8.